The van der Waals surface area contributed by atoms with Crippen LogP contribution >= 0.6 is 22.6 Å². The van der Waals surface area contributed by atoms with Crippen molar-refractivity contribution in [1.29, 1.82) is 0 Å². The summed E-state index contributed by atoms with van der Waals surface area (Å²) in [7, 11) is 0. The molecule has 1 unspecified atom stereocenters. The Morgan fingerprint density at radius 2 is 2.45 bits per heavy atom. The number of halogens is 1. The average molecular weight is 264 g/mol. The van der Waals surface area contributed by atoms with E-state index < -0.39 is 0 Å². The van der Waals surface area contributed by atoms with E-state index in [4.69, 9.17) is 5.73 Å². The molecule has 5 heteroatoms. The number of aryl methyl sites for hydroxylation is 1. The Bertz CT molecular complexity index is 270. The summed E-state index contributed by atoms with van der Waals surface area (Å²) < 4.78 is 2.61. The molecule has 1 aliphatic rings. The molecule has 0 saturated carbocycles. The summed E-state index contributed by atoms with van der Waals surface area (Å²) in [6.45, 7) is 0.965. The maximum atomic E-state index is 5.46. The molecule has 0 bridgehead atoms. The lowest BCUT2D eigenvalue weighted by Gasteiger charge is -2.15. The van der Waals surface area contributed by atoms with Crippen LogP contribution in [0.1, 0.15) is 12.2 Å². The predicted molar refractivity (Wildman–Crippen MR) is 50.6 cm³/mol. The van der Waals surface area contributed by atoms with E-state index in [1.807, 2.05) is 4.68 Å². The maximum Gasteiger partial charge on any atom is 0.239 e. The second-order valence-corrected chi connectivity index (χ2v) is 4.46. The zero-order valence-corrected chi connectivity index (χ0v) is 8.15. The third-order valence-corrected chi connectivity index (χ3v) is 2.89. The molecular formula is C6H9IN4. The largest absolute Gasteiger partial charge is 0.366 e. The molecule has 0 radical (unpaired) electrons. The van der Waals surface area contributed by atoms with Crippen LogP contribution in [0.4, 0.5) is 5.95 Å². The van der Waals surface area contributed by atoms with Crippen LogP contribution in [0.25, 0.3) is 0 Å². The molecule has 60 valence electrons. The SMILES string of the molecule is Nc1nc2n(n1)CCC(I)C2. The normalized spacial score (nSPS) is 23.2. The van der Waals surface area contributed by atoms with Crippen LogP contribution in [0.3, 0.4) is 0 Å². The number of hydrogen-bond acceptors (Lipinski definition) is 3. The van der Waals surface area contributed by atoms with Crippen molar-refractivity contribution in [3.8, 4) is 0 Å². The first-order valence-electron chi connectivity index (χ1n) is 3.59. The van der Waals surface area contributed by atoms with E-state index >= 15 is 0 Å². The summed E-state index contributed by atoms with van der Waals surface area (Å²) in [5.41, 5.74) is 5.46. The first-order chi connectivity index (χ1) is 5.25. The molecule has 1 atom stereocenters. The van der Waals surface area contributed by atoms with Gasteiger partial charge in [-0.15, -0.1) is 5.10 Å². The van der Waals surface area contributed by atoms with Crippen molar-refractivity contribution < 1.29 is 0 Å². The van der Waals surface area contributed by atoms with Gasteiger partial charge >= 0.3 is 0 Å². The summed E-state index contributed by atoms with van der Waals surface area (Å²) in [4.78, 5) is 4.13. The molecule has 1 aliphatic heterocycles. The van der Waals surface area contributed by atoms with Gasteiger partial charge in [0.1, 0.15) is 5.82 Å². The van der Waals surface area contributed by atoms with Crippen molar-refractivity contribution in [3.63, 3.8) is 0 Å². The highest BCUT2D eigenvalue weighted by molar-refractivity contribution is 14.1. The Balaban J connectivity index is 2.34. The van der Waals surface area contributed by atoms with Gasteiger partial charge in [-0.1, -0.05) is 22.6 Å². The zero-order valence-electron chi connectivity index (χ0n) is 6.00. The predicted octanol–water partition coefficient (Wildman–Crippen LogP) is 0.610. The molecule has 0 aliphatic carbocycles. The molecule has 0 fully saturated rings. The minimum absolute atomic E-state index is 0.408. The van der Waals surface area contributed by atoms with Crippen molar-refractivity contribution in [3.05, 3.63) is 5.82 Å². The summed E-state index contributed by atoms with van der Waals surface area (Å²) >= 11 is 2.44. The Hall–Kier alpha value is -0.330. The van der Waals surface area contributed by atoms with Crippen molar-refractivity contribution in [2.45, 2.75) is 23.3 Å². The van der Waals surface area contributed by atoms with Gasteiger partial charge < -0.3 is 5.73 Å². The Morgan fingerprint density at radius 1 is 1.64 bits per heavy atom. The standard InChI is InChI=1S/C6H9IN4/c7-4-1-2-11-5(3-4)9-6(8)10-11/h4H,1-3H2,(H2,8,10). The van der Waals surface area contributed by atoms with Crippen LogP contribution in [0.5, 0.6) is 0 Å². The third kappa shape index (κ3) is 1.33. The minimum Gasteiger partial charge on any atom is -0.366 e. The topological polar surface area (TPSA) is 56.7 Å². The van der Waals surface area contributed by atoms with Crippen molar-refractivity contribution in [2.24, 2.45) is 0 Å². The van der Waals surface area contributed by atoms with Crippen LogP contribution < -0.4 is 5.73 Å². The summed E-state index contributed by atoms with van der Waals surface area (Å²) in [5, 5.41) is 4.07. The van der Waals surface area contributed by atoms with E-state index in [1.165, 1.54) is 6.42 Å². The lowest BCUT2D eigenvalue weighted by atomic mass is 10.2. The quantitative estimate of drug-likeness (QED) is 0.551. The molecule has 4 nitrogen and oxygen atoms in total. The van der Waals surface area contributed by atoms with Crippen LogP contribution in [0, 0.1) is 0 Å². The number of anilines is 1. The van der Waals surface area contributed by atoms with Gasteiger partial charge in [-0.25, -0.2) is 4.68 Å². The van der Waals surface area contributed by atoms with Gasteiger partial charge in [-0.05, 0) is 6.42 Å². The van der Waals surface area contributed by atoms with E-state index in [0.717, 1.165) is 18.8 Å². The molecular weight excluding hydrogens is 255 g/mol. The smallest absolute Gasteiger partial charge is 0.239 e. The number of nitrogens with two attached hydrogens (primary N) is 1. The highest BCUT2D eigenvalue weighted by atomic mass is 127. The third-order valence-electron chi connectivity index (χ3n) is 1.82. The van der Waals surface area contributed by atoms with Gasteiger partial charge in [0.15, 0.2) is 0 Å². The second kappa shape index (κ2) is 2.62. The van der Waals surface area contributed by atoms with Gasteiger partial charge in [0.2, 0.25) is 5.95 Å². The van der Waals surface area contributed by atoms with Crippen LogP contribution in [-0.4, -0.2) is 18.7 Å². The highest BCUT2D eigenvalue weighted by Gasteiger charge is 2.18. The van der Waals surface area contributed by atoms with Crippen LogP contribution in [0.2, 0.25) is 0 Å². The first kappa shape index (κ1) is 7.33. The summed E-state index contributed by atoms with van der Waals surface area (Å²) in [6.07, 6.45) is 2.18. The van der Waals surface area contributed by atoms with Gasteiger partial charge in [0, 0.05) is 16.9 Å². The van der Waals surface area contributed by atoms with E-state index in [2.05, 4.69) is 32.7 Å². The lowest BCUT2D eigenvalue weighted by Crippen LogP contribution is -2.19. The van der Waals surface area contributed by atoms with Gasteiger partial charge in [-0.3, -0.25) is 0 Å². The van der Waals surface area contributed by atoms with Crippen molar-refractivity contribution in [1.82, 2.24) is 14.8 Å². The summed E-state index contributed by atoms with van der Waals surface area (Å²) in [6, 6.07) is 0. The van der Waals surface area contributed by atoms with E-state index in [-0.39, 0.29) is 0 Å². The number of nitrogen functional groups attached to an aromatic ring is 1. The summed E-state index contributed by atoms with van der Waals surface area (Å²) in [5.74, 6) is 1.44. The molecule has 2 heterocycles. The highest BCUT2D eigenvalue weighted by Crippen LogP contribution is 2.19. The van der Waals surface area contributed by atoms with E-state index in [9.17, 15) is 0 Å². The van der Waals surface area contributed by atoms with E-state index in [1.54, 1.807) is 0 Å². The van der Waals surface area contributed by atoms with Gasteiger partial charge in [0.25, 0.3) is 0 Å². The molecule has 2 N–H and O–H groups in total. The van der Waals surface area contributed by atoms with Crippen LogP contribution in [0.15, 0.2) is 0 Å². The fourth-order valence-corrected chi connectivity index (χ4v) is 1.96. The number of hydrogen-bond donors (Lipinski definition) is 1. The van der Waals surface area contributed by atoms with E-state index in [0.29, 0.717) is 9.87 Å². The molecule has 1 aromatic heterocycles. The van der Waals surface area contributed by atoms with Crippen LogP contribution in [-0.2, 0) is 13.0 Å². The molecule has 0 amide bonds. The molecule has 2 rings (SSSR count). The van der Waals surface area contributed by atoms with Crippen molar-refractivity contribution in [2.75, 3.05) is 5.73 Å². The molecule has 1 aromatic rings. The molecule has 0 spiro atoms. The molecule has 0 saturated heterocycles. The maximum absolute atomic E-state index is 5.46. The van der Waals surface area contributed by atoms with Crippen molar-refractivity contribution >= 4 is 28.5 Å². The molecule has 0 aromatic carbocycles. The number of aromatic nitrogens is 3. The lowest BCUT2D eigenvalue weighted by molar-refractivity contribution is 0.497. The van der Waals surface area contributed by atoms with Gasteiger partial charge in [-0.2, -0.15) is 4.98 Å². The number of fused-ring (bicyclic) bond motifs is 1. The minimum atomic E-state index is 0.408. The van der Waals surface area contributed by atoms with Gasteiger partial charge in [0.05, 0.1) is 0 Å². The monoisotopic (exact) mass is 264 g/mol. The number of rotatable bonds is 0. The zero-order chi connectivity index (χ0) is 7.84. The first-order valence-corrected chi connectivity index (χ1v) is 4.83. The Labute approximate surface area is 78.3 Å². The number of alkyl halides is 1. The Morgan fingerprint density at radius 3 is 3.27 bits per heavy atom. The fourth-order valence-electron chi connectivity index (χ4n) is 1.29. The second-order valence-electron chi connectivity index (χ2n) is 2.70. The Kier molecular flexibility index (Phi) is 1.74. The average Bonchev–Trinajstić information content (AvgIpc) is 2.27. The molecule has 11 heavy (non-hydrogen) atoms. The fraction of sp³-hybridized carbons (Fsp3) is 0.667. The number of nitrogens with zero attached hydrogens (tertiary/aromatic N) is 3.